The molecule has 0 aliphatic rings. The van der Waals surface area contributed by atoms with E-state index < -0.39 is 0 Å². The van der Waals surface area contributed by atoms with E-state index in [-0.39, 0.29) is 0 Å². The third kappa shape index (κ3) is 6.19. The molecule has 0 saturated carbocycles. The lowest BCUT2D eigenvalue weighted by Gasteiger charge is -2.06. The van der Waals surface area contributed by atoms with Gasteiger partial charge in [0, 0.05) is 0 Å². The Morgan fingerprint density at radius 2 is 2.22 bits per heavy atom. The smallest absolute Gasteiger partial charge is 0.00414 e. The van der Waals surface area contributed by atoms with Crippen LogP contribution in [0.1, 0.15) is 20.3 Å². The maximum Gasteiger partial charge on any atom is -0.00414 e. The average molecular weight is 147 g/mol. The van der Waals surface area contributed by atoms with Crippen LogP contribution in [0.2, 0.25) is 0 Å². The van der Waals surface area contributed by atoms with Crippen molar-refractivity contribution in [1.82, 2.24) is 0 Å². The molecular weight excluding hydrogens is 130 g/mol. The molecule has 1 unspecified atom stereocenters. The summed E-state index contributed by atoms with van der Waals surface area (Å²) in [6, 6.07) is 0. The summed E-state index contributed by atoms with van der Waals surface area (Å²) >= 11 is 2.00. The van der Waals surface area contributed by atoms with Crippen LogP contribution in [0.3, 0.4) is 0 Å². The van der Waals surface area contributed by atoms with Crippen molar-refractivity contribution in [3.63, 3.8) is 0 Å². The SMILES string of the molecule is CCSCC(C)CCN. The summed E-state index contributed by atoms with van der Waals surface area (Å²) in [7, 11) is 0. The van der Waals surface area contributed by atoms with Gasteiger partial charge < -0.3 is 5.73 Å². The third-order valence-corrected chi connectivity index (χ3v) is 2.48. The van der Waals surface area contributed by atoms with Gasteiger partial charge in [-0.05, 0) is 30.4 Å². The maximum atomic E-state index is 5.39. The normalized spacial score (nSPS) is 13.7. The van der Waals surface area contributed by atoms with Crippen LogP contribution < -0.4 is 5.73 Å². The summed E-state index contributed by atoms with van der Waals surface area (Å²) in [6.07, 6.45) is 1.17. The Balaban J connectivity index is 2.95. The molecule has 0 radical (unpaired) electrons. The standard InChI is InChI=1S/C7H17NS/c1-3-9-6-7(2)4-5-8/h7H,3-6,8H2,1-2H3. The van der Waals surface area contributed by atoms with Gasteiger partial charge in [-0.25, -0.2) is 0 Å². The van der Waals surface area contributed by atoms with E-state index in [4.69, 9.17) is 5.73 Å². The lowest BCUT2D eigenvalue weighted by Crippen LogP contribution is -2.07. The van der Waals surface area contributed by atoms with Crippen molar-refractivity contribution in [3.05, 3.63) is 0 Å². The van der Waals surface area contributed by atoms with Crippen molar-refractivity contribution in [1.29, 1.82) is 0 Å². The van der Waals surface area contributed by atoms with Gasteiger partial charge in [0.15, 0.2) is 0 Å². The Hall–Kier alpha value is 0.310. The molecule has 2 N–H and O–H groups in total. The largest absolute Gasteiger partial charge is 0.330 e. The number of rotatable bonds is 5. The molecule has 9 heavy (non-hydrogen) atoms. The van der Waals surface area contributed by atoms with Crippen molar-refractivity contribution in [2.24, 2.45) is 11.7 Å². The van der Waals surface area contributed by atoms with Gasteiger partial charge in [0.05, 0.1) is 0 Å². The van der Waals surface area contributed by atoms with Gasteiger partial charge in [0.25, 0.3) is 0 Å². The van der Waals surface area contributed by atoms with E-state index in [1.54, 1.807) is 0 Å². The van der Waals surface area contributed by atoms with Gasteiger partial charge in [-0.2, -0.15) is 11.8 Å². The maximum absolute atomic E-state index is 5.39. The highest BCUT2D eigenvalue weighted by Gasteiger charge is 1.97. The zero-order valence-electron chi connectivity index (χ0n) is 6.39. The molecule has 0 amide bonds. The second kappa shape index (κ2) is 6.43. The number of hydrogen-bond donors (Lipinski definition) is 1. The second-order valence-electron chi connectivity index (χ2n) is 2.34. The Morgan fingerprint density at radius 3 is 2.67 bits per heavy atom. The minimum atomic E-state index is 0.806. The van der Waals surface area contributed by atoms with E-state index in [9.17, 15) is 0 Å². The molecule has 0 aliphatic heterocycles. The molecule has 56 valence electrons. The van der Waals surface area contributed by atoms with Crippen molar-refractivity contribution in [2.45, 2.75) is 20.3 Å². The first-order valence-corrected chi connectivity index (χ1v) is 4.74. The molecule has 1 nitrogen and oxygen atoms in total. The quantitative estimate of drug-likeness (QED) is 0.641. The van der Waals surface area contributed by atoms with Crippen LogP contribution in [0.15, 0.2) is 0 Å². The average Bonchev–Trinajstić information content (AvgIpc) is 1.85. The van der Waals surface area contributed by atoms with Crippen LogP contribution in [0.25, 0.3) is 0 Å². The number of nitrogens with two attached hydrogens (primary N) is 1. The van der Waals surface area contributed by atoms with E-state index in [1.807, 2.05) is 11.8 Å². The lowest BCUT2D eigenvalue weighted by molar-refractivity contribution is 0.606. The van der Waals surface area contributed by atoms with Gasteiger partial charge in [-0.15, -0.1) is 0 Å². The van der Waals surface area contributed by atoms with Crippen LogP contribution >= 0.6 is 11.8 Å². The molecule has 0 bridgehead atoms. The summed E-state index contributed by atoms with van der Waals surface area (Å²) in [6.45, 7) is 5.29. The highest BCUT2D eigenvalue weighted by Crippen LogP contribution is 2.09. The minimum Gasteiger partial charge on any atom is -0.330 e. The molecule has 0 spiro atoms. The second-order valence-corrected chi connectivity index (χ2v) is 3.66. The summed E-state index contributed by atoms with van der Waals surface area (Å²) in [5.74, 6) is 3.31. The summed E-state index contributed by atoms with van der Waals surface area (Å²) < 4.78 is 0. The molecule has 0 saturated heterocycles. The fourth-order valence-electron chi connectivity index (χ4n) is 0.687. The van der Waals surface area contributed by atoms with Gasteiger partial charge in [-0.1, -0.05) is 13.8 Å². The molecule has 0 aromatic rings. The molecule has 0 fully saturated rings. The molecular formula is C7H17NS. The first-order valence-electron chi connectivity index (χ1n) is 3.59. The molecule has 1 atom stereocenters. The highest BCUT2D eigenvalue weighted by molar-refractivity contribution is 7.99. The van der Waals surface area contributed by atoms with Crippen molar-refractivity contribution in [3.8, 4) is 0 Å². The van der Waals surface area contributed by atoms with Gasteiger partial charge in [0.1, 0.15) is 0 Å². The van der Waals surface area contributed by atoms with Crippen LogP contribution in [0, 0.1) is 5.92 Å². The van der Waals surface area contributed by atoms with Crippen molar-refractivity contribution >= 4 is 11.8 Å². The van der Waals surface area contributed by atoms with Crippen LogP contribution in [-0.4, -0.2) is 18.1 Å². The molecule has 2 heteroatoms. The van der Waals surface area contributed by atoms with E-state index >= 15 is 0 Å². The van der Waals surface area contributed by atoms with E-state index in [0.717, 1.165) is 12.5 Å². The minimum absolute atomic E-state index is 0.806. The third-order valence-electron chi connectivity index (χ3n) is 1.27. The van der Waals surface area contributed by atoms with Crippen LogP contribution in [0.5, 0.6) is 0 Å². The fraction of sp³-hybridized carbons (Fsp3) is 1.00. The fourth-order valence-corrected chi connectivity index (χ4v) is 1.49. The predicted octanol–water partition coefficient (Wildman–Crippen LogP) is 1.72. The first kappa shape index (κ1) is 9.31. The molecule has 0 aliphatic carbocycles. The molecule has 0 aromatic heterocycles. The van der Waals surface area contributed by atoms with Crippen molar-refractivity contribution in [2.75, 3.05) is 18.1 Å². The highest BCUT2D eigenvalue weighted by atomic mass is 32.2. The van der Waals surface area contributed by atoms with Gasteiger partial charge in [0.2, 0.25) is 0 Å². The zero-order chi connectivity index (χ0) is 7.11. The number of thioether (sulfide) groups is 1. The molecule has 0 rings (SSSR count). The predicted molar refractivity (Wildman–Crippen MR) is 45.8 cm³/mol. The summed E-state index contributed by atoms with van der Waals surface area (Å²) in [4.78, 5) is 0. The van der Waals surface area contributed by atoms with Crippen molar-refractivity contribution < 1.29 is 0 Å². The Morgan fingerprint density at radius 1 is 1.56 bits per heavy atom. The Kier molecular flexibility index (Phi) is 6.65. The lowest BCUT2D eigenvalue weighted by atomic mass is 10.1. The molecule has 0 heterocycles. The number of hydrogen-bond acceptors (Lipinski definition) is 2. The Bertz CT molecular complexity index is 56.9. The van der Waals surface area contributed by atoms with E-state index in [2.05, 4.69) is 13.8 Å². The first-order chi connectivity index (χ1) is 4.31. The van der Waals surface area contributed by atoms with Gasteiger partial charge >= 0.3 is 0 Å². The summed E-state index contributed by atoms with van der Waals surface area (Å²) in [5.41, 5.74) is 5.39. The van der Waals surface area contributed by atoms with Crippen LogP contribution in [-0.2, 0) is 0 Å². The topological polar surface area (TPSA) is 26.0 Å². The molecule has 0 aromatic carbocycles. The van der Waals surface area contributed by atoms with E-state index in [1.165, 1.54) is 17.9 Å². The van der Waals surface area contributed by atoms with Crippen LogP contribution in [0.4, 0.5) is 0 Å². The van der Waals surface area contributed by atoms with Gasteiger partial charge in [-0.3, -0.25) is 0 Å². The monoisotopic (exact) mass is 147 g/mol. The summed E-state index contributed by atoms with van der Waals surface area (Å²) in [5, 5.41) is 0. The van der Waals surface area contributed by atoms with E-state index in [0.29, 0.717) is 0 Å². The Labute approximate surface area is 62.4 Å². The zero-order valence-corrected chi connectivity index (χ0v) is 7.21.